The first-order valence-electron chi connectivity index (χ1n) is 26.9. The number of aliphatic hydroxyl groups is 2. The second-order valence-electron chi connectivity index (χ2n) is 19.7. The third kappa shape index (κ3) is 19.8. The number of hydrogen-bond donors (Lipinski definition) is 9. The number of carboxylic acid groups (broad SMARTS) is 1. The largest absolute Gasteiger partial charge is 0.475 e. The van der Waals surface area contributed by atoms with E-state index in [2.05, 4.69) is 25.6 Å². The maximum atomic E-state index is 14.2. The highest BCUT2D eigenvalue weighted by Gasteiger charge is 2.32. The molecule has 5 atom stereocenters. The molecule has 3 aromatic heterocycles. The summed E-state index contributed by atoms with van der Waals surface area (Å²) in [6.45, 7) is 4.48. The Bertz CT molecular complexity index is 4060. The summed E-state index contributed by atoms with van der Waals surface area (Å²) in [7, 11) is 0. The van der Waals surface area contributed by atoms with Gasteiger partial charge in [-0.15, -0.1) is 12.4 Å². The summed E-state index contributed by atoms with van der Waals surface area (Å²) < 4.78 is 96.2. The van der Waals surface area contributed by atoms with Crippen molar-refractivity contribution in [2.24, 2.45) is 22.9 Å². The molecule has 0 radical (unpaired) electrons. The molecule has 13 N–H and O–H groups in total. The Balaban J connectivity index is 0.000000232. The van der Waals surface area contributed by atoms with Gasteiger partial charge < -0.3 is 62.1 Å². The number of Topliss-reactive ketones (excluding diaryl/α,β-unsaturated/α-hetero) is 1. The van der Waals surface area contributed by atoms with Crippen LogP contribution in [0.5, 0.6) is 0 Å². The Hall–Kier alpha value is -10.8. The number of nitrogens with one attached hydrogen (secondary N) is 2. The molecule has 9 aromatic rings. The molecule has 0 spiro atoms. The number of carboxylic acids is 1. The fourth-order valence-corrected chi connectivity index (χ4v) is 8.47. The minimum absolute atomic E-state index is 0. The van der Waals surface area contributed by atoms with E-state index in [-0.39, 0.29) is 106 Å². The first-order valence-corrected chi connectivity index (χ1v) is 26.9. The van der Waals surface area contributed by atoms with Gasteiger partial charge in [-0.05, 0) is 102 Å². The maximum Gasteiger partial charge on any atom is 0.374 e. The minimum Gasteiger partial charge on any atom is -0.475 e. The fraction of sp³-hybridized carbons (Fsp3) is 0.175. The SMILES string of the molecule is Cc1nc(-c2ccccc2F)c(C(=O)NC(Cc2ccc(F)cc2)C(=O)C(N)=O)o1.Cc1nc(-c2ccccc2F)c(C(=O)NC(Cc2ccc(F)cc2)C(O)C(N)=O)o1.Cc1nc(-c2ccccc2F)c(C(=O)O)o1.Cl.NC(=O)C(O)C(N)Cc1ccc(F)cc1. The molecular formula is C63H58ClF6N9O13. The number of aryl methyl sites for hydroxylation is 3. The number of aromatic nitrogens is 3. The van der Waals surface area contributed by atoms with Crippen LogP contribution in [0, 0.1) is 55.7 Å². The zero-order chi connectivity index (χ0) is 66.8. The lowest BCUT2D eigenvalue weighted by Gasteiger charge is -2.22. The molecule has 0 saturated carbocycles. The average molecular weight is 1300 g/mol. The number of carbonyl (C=O) groups is 7. The molecular weight excluding hydrogens is 1240 g/mol. The number of halogens is 7. The van der Waals surface area contributed by atoms with Crippen molar-refractivity contribution in [3.05, 3.63) is 232 Å². The standard InChI is InChI=1S/C21H19F2N3O4.C21H17F2N3O4.C11H8FNO3.C10H13FN2O2.ClH/c2*1-11-25-17(14-4-2-3-5-15(14)23)19(30-11)21(29)26-16(18(27)20(24)28)10-12-6-8-13(22)9-7-12;1-6-13-9(10(16-6)11(14)15)7-4-2-3-5-8(7)12;11-7-3-1-6(2-4-7)5-8(12)9(14)10(13)15;/h2-9,16,18,27H,10H2,1H3,(H2,24,28)(H,26,29);2-9,16H,10H2,1H3,(H2,24,28)(H,26,29);2-5H,1H3,(H,14,15);1-4,8-9,14H,5,12H2,(H2,13,15);1H. The van der Waals surface area contributed by atoms with Crippen molar-refractivity contribution in [2.75, 3.05) is 0 Å². The number of nitrogens with zero attached hydrogens (tertiary/aromatic N) is 3. The number of nitrogens with two attached hydrogens (primary N) is 4. The lowest BCUT2D eigenvalue weighted by atomic mass is 10.00. The van der Waals surface area contributed by atoms with Crippen LogP contribution in [-0.4, -0.2) is 102 Å². The molecule has 0 fully saturated rings. The highest BCUT2D eigenvalue weighted by atomic mass is 35.5. The van der Waals surface area contributed by atoms with Crippen molar-refractivity contribution < 1.29 is 88.5 Å². The molecule has 5 unspecified atom stereocenters. The third-order valence-corrected chi connectivity index (χ3v) is 12.9. The van der Waals surface area contributed by atoms with Crippen LogP contribution in [0.2, 0.25) is 0 Å². The number of aromatic carboxylic acids is 1. The van der Waals surface area contributed by atoms with Crippen molar-refractivity contribution in [1.29, 1.82) is 0 Å². The highest BCUT2D eigenvalue weighted by Crippen LogP contribution is 2.29. The lowest BCUT2D eigenvalue weighted by Crippen LogP contribution is -2.50. The monoisotopic (exact) mass is 1300 g/mol. The van der Waals surface area contributed by atoms with Gasteiger partial charge in [0.15, 0.2) is 23.8 Å². The van der Waals surface area contributed by atoms with Crippen LogP contribution in [0.1, 0.15) is 66.0 Å². The minimum atomic E-state index is -1.72. The smallest absolute Gasteiger partial charge is 0.374 e. The second kappa shape index (κ2) is 33.1. The summed E-state index contributed by atoms with van der Waals surface area (Å²) in [6, 6.07) is 30.2. The van der Waals surface area contributed by atoms with Crippen molar-refractivity contribution in [2.45, 2.75) is 70.4 Å². The van der Waals surface area contributed by atoms with E-state index in [1.54, 1.807) is 30.3 Å². The van der Waals surface area contributed by atoms with Gasteiger partial charge in [-0.1, -0.05) is 72.8 Å². The summed E-state index contributed by atoms with van der Waals surface area (Å²) >= 11 is 0. The number of carbonyl (C=O) groups excluding carboxylic acids is 6. The molecule has 29 heteroatoms. The van der Waals surface area contributed by atoms with E-state index in [0.29, 0.717) is 11.1 Å². The number of amides is 5. The Morgan fingerprint density at radius 2 is 0.793 bits per heavy atom. The number of rotatable bonds is 20. The quantitative estimate of drug-likeness (QED) is 0.0277. The van der Waals surface area contributed by atoms with Crippen LogP contribution in [-0.2, 0) is 38.4 Å². The van der Waals surface area contributed by atoms with Crippen LogP contribution in [0.4, 0.5) is 26.3 Å². The molecule has 482 valence electrons. The van der Waals surface area contributed by atoms with Gasteiger partial charge >= 0.3 is 5.97 Å². The van der Waals surface area contributed by atoms with Gasteiger partial charge in [0.05, 0.1) is 6.04 Å². The van der Waals surface area contributed by atoms with E-state index >= 15 is 0 Å². The molecule has 5 amide bonds. The molecule has 22 nitrogen and oxygen atoms in total. The number of oxazole rings is 3. The highest BCUT2D eigenvalue weighted by molar-refractivity contribution is 6.38. The number of aliphatic hydroxyl groups excluding tert-OH is 2. The topological polar surface area (TPSA) is 386 Å². The zero-order valence-corrected chi connectivity index (χ0v) is 49.4. The normalized spacial score (nSPS) is 12.2. The predicted octanol–water partition coefficient (Wildman–Crippen LogP) is 6.89. The number of ketones is 1. The predicted molar refractivity (Wildman–Crippen MR) is 320 cm³/mol. The van der Waals surface area contributed by atoms with Gasteiger partial charge in [0, 0.05) is 49.9 Å². The molecule has 9 rings (SSSR count). The molecule has 0 aliphatic rings. The van der Waals surface area contributed by atoms with Gasteiger partial charge in [0.2, 0.25) is 34.9 Å². The van der Waals surface area contributed by atoms with E-state index in [9.17, 15) is 70.1 Å². The van der Waals surface area contributed by atoms with Crippen molar-refractivity contribution in [3.8, 4) is 33.8 Å². The maximum absolute atomic E-state index is 14.2. The number of benzene rings is 6. The van der Waals surface area contributed by atoms with Crippen LogP contribution in [0.3, 0.4) is 0 Å². The molecule has 3 heterocycles. The van der Waals surface area contributed by atoms with E-state index in [4.69, 9.17) is 41.3 Å². The van der Waals surface area contributed by atoms with Crippen molar-refractivity contribution >= 4 is 53.7 Å². The van der Waals surface area contributed by atoms with Gasteiger partial charge in [0.25, 0.3) is 17.7 Å². The Morgan fingerprint density at radius 1 is 0.467 bits per heavy atom. The Kier molecular flexibility index (Phi) is 25.9. The third-order valence-electron chi connectivity index (χ3n) is 12.9. The van der Waals surface area contributed by atoms with Crippen LogP contribution in [0.25, 0.3) is 33.8 Å². The van der Waals surface area contributed by atoms with E-state index in [1.165, 1.54) is 136 Å². The second-order valence-corrected chi connectivity index (χ2v) is 19.7. The van der Waals surface area contributed by atoms with Crippen LogP contribution in [0.15, 0.2) is 159 Å². The lowest BCUT2D eigenvalue weighted by molar-refractivity contribution is -0.137. The summed E-state index contributed by atoms with van der Waals surface area (Å²) in [5.74, 6) is -10.7. The van der Waals surface area contributed by atoms with Crippen molar-refractivity contribution in [3.63, 3.8) is 0 Å². The average Bonchev–Trinajstić information content (AvgIpc) is 1.71. The molecule has 0 aliphatic carbocycles. The summed E-state index contributed by atoms with van der Waals surface area (Å²) in [5.41, 5.74) is 22.7. The summed E-state index contributed by atoms with van der Waals surface area (Å²) in [5, 5.41) is 33.1. The number of hydrogen-bond acceptors (Lipinski definition) is 16. The fourth-order valence-electron chi connectivity index (χ4n) is 8.47. The Morgan fingerprint density at radius 3 is 1.14 bits per heavy atom. The molecule has 0 aliphatic heterocycles. The van der Waals surface area contributed by atoms with Crippen molar-refractivity contribution in [1.82, 2.24) is 25.6 Å². The van der Waals surface area contributed by atoms with Crippen LogP contribution >= 0.6 is 12.4 Å². The molecule has 6 aromatic carbocycles. The molecule has 0 saturated heterocycles. The van der Waals surface area contributed by atoms with Crippen LogP contribution < -0.4 is 33.6 Å². The first kappa shape index (κ1) is 71.9. The zero-order valence-electron chi connectivity index (χ0n) is 48.6. The van der Waals surface area contributed by atoms with Gasteiger partial charge in [-0.25, -0.2) is 46.1 Å². The molecule has 92 heavy (non-hydrogen) atoms. The van der Waals surface area contributed by atoms with E-state index in [1.807, 2.05) is 0 Å². The molecule has 0 bridgehead atoms. The van der Waals surface area contributed by atoms with E-state index in [0.717, 1.165) is 5.56 Å². The summed E-state index contributed by atoms with van der Waals surface area (Å²) in [4.78, 5) is 94.3. The first-order chi connectivity index (χ1) is 43.1. The van der Waals surface area contributed by atoms with Gasteiger partial charge in [0.1, 0.15) is 64.1 Å². The van der Waals surface area contributed by atoms with Gasteiger partial charge in [-0.2, -0.15) is 0 Å². The summed E-state index contributed by atoms with van der Waals surface area (Å²) in [6.07, 6.45) is -2.96. The number of primary amides is 3. The Labute approximate surface area is 525 Å². The van der Waals surface area contributed by atoms with Gasteiger partial charge in [-0.3, -0.25) is 28.8 Å². The van der Waals surface area contributed by atoms with E-state index < -0.39 is 101 Å².